The van der Waals surface area contributed by atoms with Gasteiger partial charge in [0.05, 0.1) is 37.9 Å². The molecule has 192 valence electrons. The Balaban J connectivity index is 1.58. The molecule has 37 heavy (non-hydrogen) atoms. The number of benzene rings is 2. The van der Waals surface area contributed by atoms with E-state index in [1.54, 1.807) is 17.7 Å². The van der Waals surface area contributed by atoms with Crippen molar-refractivity contribution in [2.24, 2.45) is 7.05 Å². The van der Waals surface area contributed by atoms with Crippen LogP contribution in [0.5, 0.6) is 5.75 Å². The minimum Gasteiger partial charge on any atom is -0.486 e. The summed E-state index contributed by atoms with van der Waals surface area (Å²) in [6.07, 6.45) is -1.16. The fourth-order valence-corrected chi connectivity index (χ4v) is 4.82. The van der Waals surface area contributed by atoms with Crippen molar-refractivity contribution in [3.8, 4) is 5.75 Å². The molecule has 1 aliphatic heterocycles. The number of rotatable bonds is 4. The van der Waals surface area contributed by atoms with Gasteiger partial charge in [-0.25, -0.2) is 4.98 Å². The van der Waals surface area contributed by atoms with Gasteiger partial charge in [-0.05, 0) is 38.1 Å². The number of imidazole rings is 1. The van der Waals surface area contributed by atoms with E-state index >= 15 is 0 Å². The second kappa shape index (κ2) is 8.81. The van der Waals surface area contributed by atoms with Crippen molar-refractivity contribution in [2.45, 2.75) is 32.0 Å². The lowest BCUT2D eigenvalue weighted by Crippen LogP contribution is -2.25. The lowest BCUT2D eigenvalue weighted by molar-refractivity contribution is -0.137. The highest BCUT2D eigenvalue weighted by Gasteiger charge is 2.37. The number of nitrogens with zero attached hydrogens (tertiary/aromatic N) is 3. The van der Waals surface area contributed by atoms with E-state index in [0.29, 0.717) is 39.4 Å². The summed E-state index contributed by atoms with van der Waals surface area (Å²) in [5.74, 6) is 0.152. The number of nitrogens with one attached hydrogen (secondary N) is 2. The van der Waals surface area contributed by atoms with Crippen molar-refractivity contribution in [1.82, 2.24) is 14.5 Å². The van der Waals surface area contributed by atoms with Crippen molar-refractivity contribution in [1.29, 1.82) is 0 Å². The van der Waals surface area contributed by atoms with E-state index < -0.39 is 23.2 Å². The smallest absolute Gasteiger partial charge is 0.416 e. The molecule has 1 aliphatic rings. The monoisotopic (exact) mass is 549 g/mol. The second-order valence-electron chi connectivity index (χ2n) is 9.27. The molecule has 0 unspecified atom stereocenters. The third-order valence-corrected chi connectivity index (χ3v) is 6.54. The van der Waals surface area contributed by atoms with Crippen LogP contribution in [0, 0.1) is 0 Å². The van der Waals surface area contributed by atoms with Crippen LogP contribution >= 0.6 is 23.2 Å². The molecular formula is C25H20Cl2F3N5O2. The van der Waals surface area contributed by atoms with Crippen LogP contribution in [-0.4, -0.2) is 26.0 Å². The number of pyridine rings is 1. The zero-order chi connectivity index (χ0) is 26.7. The van der Waals surface area contributed by atoms with E-state index in [0.717, 1.165) is 23.2 Å². The van der Waals surface area contributed by atoms with E-state index in [1.807, 2.05) is 13.8 Å². The van der Waals surface area contributed by atoms with Crippen molar-refractivity contribution < 1.29 is 22.7 Å². The molecule has 0 spiro atoms. The maximum Gasteiger partial charge on any atom is 0.416 e. The summed E-state index contributed by atoms with van der Waals surface area (Å²) >= 11 is 12.5. The van der Waals surface area contributed by atoms with Crippen LogP contribution in [0.3, 0.4) is 0 Å². The van der Waals surface area contributed by atoms with Gasteiger partial charge >= 0.3 is 6.18 Å². The van der Waals surface area contributed by atoms with Gasteiger partial charge in [0.15, 0.2) is 0 Å². The van der Waals surface area contributed by atoms with Crippen LogP contribution in [0.25, 0.3) is 11.0 Å². The zero-order valence-electron chi connectivity index (χ0n) is 19.8. The van der Waals surface area contributed by atoms with Gasteiger partial charge in [0, 0.05) is 37.1 Å². The van der Waals surface area contributed by atoms with Gasteiger partial charge in [0.2, 0.25) is 5.95 Å². The van der Waals surface area contributed by atoms with Gasteiger partial charge in [0.25, 0.3) is 5.91 Å². The van der Waals surface area contributed by atoms with Crippen LogP contribution < -0.4 is 15.4 Å². The number of hydrogen-bond acceptors (Lipinski definition) is 5. The lowest BCUT2D eigenvalue weighted by Gasteiger charge is -2.18. The number of hydrogen-bond donors (Lipinski definition) is 2. The number of aryl methyl sites for hydroxylation is 1. The van der Waals surface area contributed by atoms with Crippen LogP contribution in [-0.2, 0) is 19.6 Å². The predicted octanol–water partition coefficient (Wildman–Crippen LogP) is 7.00. The first-order chi connectivity index (χ1) is 17.3. The molecule has 0 bridgehead atoms. The fourth-order valence-electron chi connectivity index (χ4n) is 4.36. The average Bonchev–Trinajstić information content (AvgIpc) is 3.30. The molecular weight excluding hydrogens is 530 g/mol. The third-order valence-electron chi connectivity index (χ3n) is 5.97. The molecule has 1 amide bonds. The Bertz CT molecular complexity index is 1550. The number of carbonyl (C=O) groups excluding carboxylic acids is 1. The van der Waals surface area contributed by atoms with Crippen LogP contribution in [0.1, 0.15) is 35.3 Å². The third kappa shape index (κ3) is 4.67. The summed E-state index contributed by atoms with van der Waals surface area (Å²) in [5.41, 5.74) is 1.10. The number of carbonyl (C=O) groups is 1. The predicted molar refractivity (Wildman–Crippen MR) is 136 cm³/mol. The Labute approximate surface area is 219 Å². The second-order valence-corrected chi connectivity index (χ2v) is 10.1. The standard InChI is InChI=1S/C25H20Cl2F3N5O2/c1-24(2)9-15-20-18(33-23(35(20)3)34-19-16(26)10-31-11-17(19)27)8-14(21(15)37-24)22(36)32-13-6-4-5-12(7-13)25(28,29)30/h4-8,10-11H,9H2,1-3H3,(H,32,36)(H,31,33,34). The first-order valence-corrected chi connectivity index (χ1v) is 11.9. The highest BCUT2D eigenvalue weighted by molar-refractivity contribution is 6.39. The van der Waals surface area contributed by atoms with Gasteiger partial charge in [0.1, 0.15) is 11.4 Å². The topological polar surface area (TPSA) is 81.1 Å². The molecule has 5 rings (SSSR count). The average molecular weight is 550 g/mol. The first kappa shape index (κ1) is 25.2. The summed E-state index contributed by atoms with van der Waals surface area (Å²) in [4.78, 5) is 21.9. The Kier molecular flexibility index (Phi) is 5.99. The number of alkyl halides is 3. The van der Waals surface area contributed by atoms with Crippen molar-refractivity contribution in [2.75, 3.05) is 10.6 Å². The summed E-state index contributed by atoms with van der Waals surface area (Å²) in [7, 11) is 1.80. The molecule has 0 aliphatic carbocycles. The van der Waals surface area contributed by atoms with Gasteiger partial charge in [-0.2, -0.15) is 13.2 Å². The number of fused-ring (bicyclic) bond motifs is 3. The number of ether oxygens (including phenoxy) is 1. The highest BCUT2D eigenvalue weighted by atomic mass is 35.5. The molecule has 0 fully saturated rings. The van der Waals surface area contributed by atoms with Crippen molar-refractivity contribution >= 4 is 57.5 Å². The molecule has 2 aromatic heterocycles. The van der Waals surface area contributed by atoms with Gasteiger partial charge in [-0.3, -0.25) is 9.78 Å². The fraction of sp³-hybridized carbons (Fsp3) is 0.240. The summed E-state index contributed by atoms with van der Waals surface area (Å²) < 4.78 is 47.4. The van der Waals surface area contributed by atoms with E-state index in [4.69, 9.17) is 27.9 Å². The molecule has 2 N–H and O–H groups in total. The van der Waals surface area contributed by atoms with Gasteiger partial charge in [-0.1, -0.05) is 29.3 Å². The van der Waals surface area contributed by atoms with E-state index in [2.05, 4.69) is 20.6 Å². The molecule has 0 atom stereocenters. The van der Waals surface area contributed by atoms with Crippen LogP contribution in [0.2, 0.25) is 10.0 Å². The molecule has 0 saturated heterocycles. The Morgan fingerprint density at radius 1 is 1.16 bits per heavy atom. The highest BCUT2D eigenvalue weighted by Crippen LogP contribution is 2.44. The summed E-state index contributed by atoms with van der Waals surface area (Å²) in [5, 5.41) is 6.28. The van der Waals surface area contributed by atoms with Crippen molar-refractivity contribution in [3.63, 3.8) is 0 Å². The SMILES string of the molecule is Cn1c(Nc2c(Cl)cncc2Cl)nc2cc(C(=O)Nc3cccc(C(F)(F)F)c3)c3c(c21)CC(C)(C)O3. The minimum absolute atomic E-state index is 0.0104. The molecule has 0 saturated carbocycles. The molecule has 7 nitrogen and oxygen atoms in total. The van der Waals surface area contributed by atoms with Crippen LogP contribution in [0.15, 0.2) is 42.7 Å². The number of halogens is 5. The quantitative estimate of drug-likeness (QED) is 0.286. The van der Waals surface area contributed by atoms with Gasteiger partial charge in [-0.15, -0.1) is 0 Å². The van der Waals surface area contributed by atoms with E-state index in [9.17, 15) is 18.0 Å². The molecule has 3 heterocycles. The largest absolute Gasteiger partial charge is 0.486 e. The molecule has 2 aromatic carbocycles. The molecule has 12 heteroatoms. The Hall–Kier alpha value is -3.50. The normalized spacial score (nSPS) is 14.4. The van der Waals surface area contributed by atoms with Gasteiger partial charge < -0.3 is 19.9 Å². The molecule has 0 radical (unpaired) electrons. The Morgan fingerprint density at radius 3 is 2.54 bits per heavy atom. The molecule has 4 aromatic rings. The van der Waals surface area contributed by atoms with Crippen LogP contribution in [0.4, 0.5) is 30.5 Å². The minimum atomic E-state index is -4.54. The lowest BCUT2D eigenvalue weighted by atomic mass is 9.98. The maximum atomic E-state index is 13.3. The number of amides is 1. The van der Waals surface area contributed by atoms with E-state index in [-0.39, 0.29) is 11.3 Å². The maximum absolute atomic E-state index is 13.3. The number of aromatic nitrogens is 3. The first-order valence-electron chi connectivity index (χ1n) is 11.1. The van der Waals surface area contributed by atoms with E-state index in [1.165, 1.54) is 24.5 Å². The van der Waals surface area contributed by atoms with Crippen molar-refractivity contribution in [3.05, 3.63) is 69.5 Å². The summed E-state index contributed by atoms with van der Waals surface area (Å²) in [6.45, 7) is 3.78. The summed E-state index contributed by atoms with van der Waals surface area (Å²) in [6, 6.07) is 6.00. The zero-order valence-corrected chi connectivity index (χ0v) is 21.3. The number of anilines is 3. The Morgan fingerprint density at radius 2 is 1.86 bits per heavy atom.